The van der Waals surface area contributed by atoms with Crippen molar-refractivity contribution in [2.24, 2.45) is 0 Å². The van der Waals surface area contributed by atoms with Crippen molar-refractivity contribution < 1.29 is 0 Å². The number of rotatable bonds is 7. The molecule has 1 aliphatic heterocycles. The van der Waals surface area contributed by atoms with Crippen molar-refractivity contribution in [3.63, 3.8) is 0 Å². The van der Waals surface area contributed by atoms with Gasteiger partial charge in [0.2, 0.25) is 5.95 Å². The van der Waals surface area contributed by atoms with Gasteiger partial charge in [-0.1, -0.05) is 18.7 Å². The Bertz CT molecular complexity index is 656. The average molecular weight is 334 g/mol. The second-order valence-electron chi connectivity index (χ2n) is 6.18. The lowest BCUT2D eigenvalue weighted by Crippen LogP contribution is -2.22. The lowest BCUT2D eigenvalue weighted by atomic mass is 10.4. The Hall–Kier alpha value is -1.64. The van der Waals surface area contributed by atoms with Crippen LogP contribution in [0.2, 0.25) is 0 Å². The highest BCUT2D eigenvalue weighted by Gasteiger charge is 2.32. The number of nitrogens with zero attached hydrogens (tertiary/aromatic N) is 8. The number of hydrogen-bond donors (Lipinski definition) is 0. The van der Waals surface area contributed by atoms with E-state index in [1.54, 1.807) is 11.8 Å². The van der Waals surface area contributed by atoms with Gasteiger partial charge in [0, 0.05) is 25.7 Å². The van der Waals surface area contributed by atoms with Gasteiger partial charge in [-0.25, -0.2) is 4.68 Å². The normalized spacial score (nSPS) is 18.0. The Morgan fingerprint density at radius 3 is 2.70 bits per heavy atom. The predicted molar refractivity (Wildman–Crippen MR) is 87.4 cm³/mol. The lowest BCUT2D eigenvalue weighted by molar-refractivity contribution is 0.564. The van der Waals surface area contributed by atoms with Crippen LogP contribution in [0.1, 0.15) is 50.9 Å². The van der Waals surface area contributed by atoms with Gasteiger partial charge in [-0.2, -0.15) is 0 Å². The number of tetrazole rings is 1. The van der Waals surface area contributed by atoms with Crippen LogP contribution in [0.5, 0.6) is 0 Å². The number of thioether (sulfide) groups is 1. The molecule has 0 bridgehead atoms. The second kappa shape index (κ2) is 6.46. The summed E-state index contributed by atoms with van der Waals surface area (Å²) in [7, 11) is 0. The molecule has 0 atom stereocenters. The summed E-state index contributed by atoms with van der Waals surface area (Å²) in [6, 6.07) is 0.578. The van der Waals surface area contributed by atoms with Crippen molar-refractivity contribution >= 4 is 17.7 Å². The van der Waals surface area contributed by atoms with Gasteiger partial charge in [-0.05, 0) is 42.5 Å². The van der Waals surface area contributed by atoms with E-state index >= 15 is 0 Å². The van der Waals surface area contributed by atoms with E-state index < -0.39 is 0 Å². The van der Waals surface area contributed by atoms with Crippen molar-refractivity contribution in [3.05, 3.63) is 5.82 Å². The van der Waals surface area contributed by atoms with Crippen LogP contribution in [0.3, 0.4) is 0 Å². The third kappa shape index (κ3) is 3.06. The molecule has 1 aliphatic carbocycles. The summed E-state index contributed by atoms with van der Waals surface area (Å²) < 4.78 is 4.22. The molecule has 0 unspecified atom stereocenters. The summed E-state index contributed by atoms with van der Waals surface area (Å²) in [5.74, 6) is 2.70. The molecule has 2 aliphatic rings. The molecule has 8 nitrogen and oxygen atoms in total. The Morgan fingerprint density at radius 2 is 1.96 bits per heavy atom. The third-order valence-corrected chi connectivity index (χ3v) is 5.26. The summed E-state index contributed by atoms with van der Waals surface area (Å²) in [5.41, 5.74) is 0. The van der Waals surface area contributed by atoms with Crippen molar-refractivity contribution in [1.29, 1.82) is 0 Å². The summed E-state index contributed by atoms with van der Waals surface area (Å²) >= 11 is 1.69. The fourth-order valence-corrected chi connectivity index (χ4v) is 3.93. The number of hydrogen-bond acceptors (Lipinski definition) is 7. The summed E-state index contributed by atoms with van der Waals surface area (Å²) in [6.45, 7) is 5.19. The monoisotopic (exact) mass is 334 g/mol. The fraction of sp³-hybridized carbons (Fsp3) is 0.786. The topological polar surface area (TPSA) is 77.5 Å². The van der Waals surface area contributed by atoms with Gasteiger partial charge in [0.15, 0.2) is 11.0 Å². The Balaban J connectivity index is 1.51. The lowest BCUT2D eigenvalue weighted by Gasteiger charge is -2.17. The van der Waals surface area contributed by atoms with E-state index in [2.05, 4.69) is 42.1 Å². The van der Waals surface area contributed by atoms with Crippen LogP contribution in [0, 0.1) is 0 Å². The second-order valence-corrected chi connectivity index (χ2v) is 7.13. The zero-order valence-corrected chi connectivity index (χ0v) is 14.2. The molecule has 4 rings (SSSR count). The van der Waals surface area contributed by atoms with Gasteiger partial charge in [0.1, 0.15) is 0 Å². The Morgan fingerprint density at radius 1 is 1.13 bits per heavy atom. The maximum Gasteiger partial charge on any atom is 0.228 e. The maximum atomic E-state index is 4.48. The van der Waals surface area contributed by atoms with Crippen LogP contribution in [-0.2, 0) is 12.3 Å². The molecular formula is C14H22N8S. The SMILES string of the molecule is CCCn1nnnc1CSc1nnc(N2CCCC2)n1C1CC1. The van der Waals surface area contributed by atoms with Crippen molar-refractivity contribution in [2.45, 2.75) is 62.5 Å². The minimum atomic E-state index is 0.578. The van der Waals surface area contributed by atoms with Crippen molar-refractivity contribution in [2.75, 3.05) is 18.0 Å². The van der Waals surface area contributed by atoms with E-state index in [4.69, 9.17) is 0 Å². The number of aromatic nitrogens is 7. The highest BCUT2D eigenvalue weighted by atomic mass is 32.2. The van der Waals surface area contributed by atoms with Gasteiger partial charge >= 0.3 is 0 Å². The van der Waals surface area contributed by atoms with E-state index in [-0.39, 0.29) is 0 Å². The van der Waals surface area contributed by atoms with Crippen molar-refractivity contribution in [3.8, 4) is 0 Å². The summed E-state index contributed by atoms with van der Waals surface area (Å²) in [5, 5.41) is 21.9. The van der Waals surface area contributed by atoms with E-state index in [0.717, 1.165) is 48.7 Å². The van der Waals surface area contributed by atoms with Gasteiger partial charge in [0.05, 0.1) is 5.75 Å². The third-order valence-electron chi connectivity index (χ3n) is 4.32. The molecule has 0 aromatic carbocycles. The molecule has 2 fully saturated rings. The molecule has 0 radical (unpaired) electrons. The first-order valence-corrected chi connectivity index (χ1v) is 9.43. The Kier molecular flexibility index (Phi) is 4.19. The van der Waals surface area contributed by atoms with Crippen LogP contribution < -0.4 is 4.90 Å². The minimum absolute atomic E-state index is 0.578. The fourth-order valence-electron chi connectivity index (χ4n) is 2.99. The standard InChI is InChI=1S/C14H22N8S/c1-2-7-21-12(15-18-19-21)10-23-14-17-16-13(20-8-3-4-9-20)22(14)11-5-6-11/h11H,2-10H2,1H3. The zero-order valence-electron chi connectivity index (χ0n) is 13.4. The molecule has 9 heteroatoms. The van der Waals surface area contributed by atoms with Crippen LogP contribution >= 0.6 is 11.8 Å². The molecule has 3 heterocycles. The molecule has 124 valence electrons. The summed E-state index contributed by atoms with van der Waals surface area (Å²) in [4.78, 5) is 2.37. The molecular weight excluding hydrogens is 312 g/mol. The van der Waals surface area contributed by atoms with Crippen molar-refractivity contribution in [1.82, 2.24) is 35.0 Å². The summed E-state index contributed by atoms with van der Waals surface area (Å²) in [6.07, 6.45) is 6.01. The average Bonchev–Trinajstić information content (AvgIpc) is 2.97. The van der Waals surface area contributed by atoms with Crippen LogP contribution in [-0.4, -0.2) is 48.1 Å². The largest absolute Gasteiger partial charge is 0.341 e. The van der Waals surface area contributed by atoms with E-state index in [1.807, 2.05) is 4.68 Å². The molecule has 1 saturated carbocycles. The molecule has 2 aromatic heterocycles. The van der Waals surface area contributed by atoms with Gasteiger partial charge in [-0.3, -0.25) is 4.57 Å². The Labute approximate surface area is 139 Å². The molecule has 2 aromatic rings. The minimum Gasteiger partial charge on any atom is -0.341 e. The zero-order chi connectivity index (χ0) is 15.6. The van der Waals surface area contributed by atoms with Crippen LogP contribution in [0.15, 0.2) is 5.16 Å². The molecule has 0 amide bonds. The van der Waals surface area contributed by atoms with Gasteiger partial charge in [-0.15, -0.1) is 15.3 Å². The van der Waals surface area contributed by atoms with Crippen LogP contribution in [0.25, 0.3) is 0 Å². The maximum absolute atomic E-state index is 4.48. The number of aryl methyl sites for hydroxylation is 1. The molecule has 0 spiro atoms. The highest BCUT2D eigenvalue weighted by Crippen LogP contribution is 2.41. The van der Waals surface area contributed by atoms with E-state index in [9.17, 15) is 0 Å². The molecule has 0 N–H and O–H groups in total. The first-order chi connectivity index (χ1) is 11.4. The van der Waals surface area contributed by atoms with E-state index in [1.165, 1.54) is 25.7 Å². The smallest absolute Gasteiger partial charge is 0.228 e. The molecule has 1 saturated heterocycles. The van der Waals surface area contributed by atoms with E-state index in [0.29, 0.717) is 6.04 Å². The first kappa shape index (κ1) is 14.9. The van der Waals surface area contributed by atoms with Gasteiger partial charge in [0.25, 0.3) is 0 Å². The highest BCUT2D eigenvalue weighted by molar-refractivity contribution is 7.98. The van der Waals surface area contributed by atoms with Crippen LogP contribution in [0.4, 0.5) is 5.95 Å². The first-order valence-electron chi connectivity index (χ1n) is 8.44. The predicted octanol–water partition coefficient (Wildman–Crippen LogP) is 1.90. The quantitative estimate of drug-likeness (QED) is 0.716. The number of anilines is 1. The molecule has 23 heavy (non-hydrogen) atoms. The van der Waals surface area contributed by atoms with Gasteiger partial charge < -0.3 is 4.90 Å².